The summed E-state index contributed by atoms with van der Waals surface area (Å²) in [6, 6.07) is 0.498. The predicted octanol–water partition coefficient (Wildman–Crippen LogP) is 0.467. The zero-order chi connectivity index (χ0) is 19.8. The average Bonchev–Trinajstić information content (AvgIpc) is 2.60. The van der Waals surface area contributed by atoms with Gasteiger partial charge in [-0.3, -0.25) is 10.6 Å². The minimum absolute atomic E-state index is 0.106. The summed E-state index contributed by atoms with van der Waals surface area (Å²) in [6.07, 6.45) is 6.35. The molecule has 8 nitrogen and oxygen atoms in total. The second kappa shape index (κ2) is 11.2. The summed E-state index contributed by atoms with van der Waals surface area (Å²) in [6.45, 7) is 7.89. The molecule has 0 aromatic carbocycles. The van der Waals surface area contributed by atoms with Crippen molar-refractivity contribution in [3.05, 3.63) is 0 Å². The van der Waals surface area contributed by atoms with Crippen molar-refractivity contribution in [3.63, 3.8) is 0 Å². The molecule has 0 aromatic rings. The summed E-state index contributed by atoms with van der Waals surface area (Å²) < 4.78 is 0. The highest BCUT2D eigenvalue weighted by atomic mass is 16.2. The molecule has 2 fully saturated rings. The van der Waals surface area contributed by atoms with Gasteiger partial charge in [0.05, 0.1) is 6.17 Å². The molecule has 1 saturated heterocycles. The van der Waals surface area contributed by atoms with Gasteiger partial charge in [0.1, 0.15) is 6.29 Å². The Bertz CT molecular complexity index is 448. The maximum Gasteiger partial charge on any atom is 0.376 e. The summed E-state index contributed by atoms with van der Waals surface area (Å²) in [4.78, 5) is 14.2. The smallest absolute Gasteiger partial charge is 0.376 e. The molecule has 0 spiro atoms. The maximum absolute atomic E-state index is 12.3. The first-order chi connectivity index (χ1) is 12.8. The Labute approximate surface area is 164 Å². The number of rotatable bonds is 8. The number of hydrogen-bond donors (Lipinski definition) is 6. The van der Waals surface area contributed by atoms with Gasteiger partial charge in [0.25, 0.3) is 0 Å². The Morgan fingerprint density at radius 2 is 1.89 bits per heavy atom. The van der Waals surface area contributed by atoms with E-state index in [0.717, 1.165) is 44.7 Å². The van der Waals surface area contributed by atoms with Crippen LogP contribution in [-0.2, 0) is 0 Å². The van der Waals surface area contributed by atoms with Gasteiger partial charge in [-0.1, -0.05) is 6.92 Å². The Balaban J connectivity index is 1.67. The van der Waals surface area contributed by atoms with Gasteiger partial charge in [-0.25, -0.2) is 4.79 Å². The van der Waals surface area contributed by atoms with Crippen molar-refractivity contribution in [1.29, 1.82) is 0 Å². The van der Waals surface area contributed by atoms with Crippen LogP contribution in [0.1, 0.15) is 52.4 Å². The minimum atomic E-state index is -0.415. The molecule has 3 atom stereocenters. The zero-order valence-electron chi connectivity index (χ0n) is 17.4. The first-order valence-electron chi connectivity index (χ1n) is 10.5. The maximum atomic E-state index is 12.3. The average molecular weight is 382 g/mol. The van der Waals surface area contributed by atoms with Gasteiger partial charge in [0.15, 0.2) is 0 Å². The van der Waals surface area contributed by atoms with Gasteiger partial charge < -0.3 is 25.8 Å². The van der Waals surface area contributed by atoms with Crippen LogP contribution in [0.4, 0.5) is 4.79 Å². The van der Waals surface area contributed by atoms with Crippen LogP contribution in [0.5, 0.6) is 0 Å². The molecule has 6 N–H and O–H groups in total. The Morgan fingerprint density at radius 1 is 1.19 bits per heavy atom. The molecule has 1 saturated carbocycles. The van der Waals surface area contributed by atoms with Gasteiger partial charge in [0.2, 0.25) is 0 Å². The third-order valence-electron chi connectivity index (χ3n) is 5.75. The third kappa shape index (κ3) is 8.35. The molecule has 0 bridgehead atoms. The van der Waals surface area contributed by atoms with Crippen molar-refractivity contribution in [2.75, 3.05) is 20.1 Å². The van der Waals surface area contributed by atoms with Crippen LogP contribution in [-0.4, -0.2) is 67.6 Å². The molecule has 1 aliphatic heterocycles. The molecule has 0 radical (unpaired) electrons. The highest BCUT2D eigenvalue weighted by molar-refractivity contribution is 6.45. The first-order valence-corrected chi connectivity index (χ1v) is 10.5. The fraction of sp³-hybridized carbons (Fsp3) is 0.944. The molecular formula is C18H39BN6O2. The lowest BCUT2D eigenvalue weighted by Crippen LogP contribution is -2.68. The van der Waals surface area contributed by atoms with E-state index in [1.807, 2.05) is 11.9 Å². The van der Waals surface area contributed by atoms with Crippen LogP contribution in [0.15, 0.2) is 0 Å². The third-order valence-corrected chi connectivity index (χ3v) is 5.75. The van der Waals surface area contributed by atoms with E-state index in [4.69, 9.17) is 0 Å². The SMILES string of the molecule is CB(O)N(C)CCCNC1CC(C)NC(NC(=O)NC2CCC(C)CC2)N1. The summed E-state index contributed by atoms with van der Waals surface area (Å²) in [5, 5.41) is 25.9. The lowest BCUT2D eigenvalue weighted by atomic mass is 9.86. The van der Waals surface area contributed by atoms with Gasteiger partial charge in [0, 0.05) is 12.1 Å². The van der Waals surface area contributed by atoms with Crippen molar-refractivity contribution in [2.24, 2.45) is 5.92 Å². The van der Waals surface area contributed by atoms with Gasteiger partial charge in [-0.15, -0.1) is 0 Å². The molecule has 2 aliphatic rings. The molecule has 27 heavy (non-hydrogen) atoms. The fourth-order valence-corrected chi connectivity index (χ4v) is 3.80. The van der Waals surface area contributed by atoms with Crippen LogP contribution in [0.25, 0.3) is 0 Å². The molecule has 9 heteroatoms. The fourth-order valence-electron chi connectivity index (χ4n) is 3.80. The van der Waals surface area contributed by atoms with E-state index in [2.05, 4.69) is 40.4 Å². The van der Waals surface area contributed by atoms with E-state index in [-0.39, 0.29) is 18.5 Å². The largest absolute Gasteiger partial charge is 0.437 e. The van der Waals surface area contributed by atoms with Crippen molar-refractivity contribution >= 4 is 13.1 Å². The van der Waals surface area contributed by atoms with Gasteiger partial charge in [-0.05, 0) is 78.3 Å². The predicted molar refractivity (Wildman–Crippen MR) is 110 cm³/mol. The van der Waals surface area contributed by atoms with Crippen molar-refractivity contribution in [3.8, 4) is 0 Å². The van der Waals surface area contributed by atoms with E-state index in [1.54, 1.807) is 6.82 Å². The van der Waals surface area contributed by atoms with E-state index in [9.17, 15) is 9.82 Å². The number of carbonyl (C=O) groups is 1. The van der Waals surface area contributed by atoms with Crippen molar-refractivity contribution in [2.45, 2.75) is 83.7 Å². The van der Waals surface area contributed by atoms with Crippen LogP contribution in [0, 0.1) is 5.92 Å². The first kappa shape index (κ1) is 22.4. The Kier molecular flexibility index (Phi) is 9.31. The molecule has 1 heterocycles. The second-order valence-corrected chi connectivity index (χ2v) is 8.45. The number of carbonyl (C=O) groups excluding carboxylic acids is 1. The van der Waals surface area contributed by atoms with Gasteiger partial charge >= 0.3 is 13.1 Å². The molecule has 2 amide bonds. The normalized spacial score (nSPS) is 31.6. The van der Waals surface area contributed by atoms with Crippen LogP contribution in [0.2, 0.25) is 6.82 Å². The molecule has 2 rings (SSSR count). The molecule has 1 aliphatic carbocycles. The lowest BCUT2D eigenvalue weighted by Gasteiger charge is -2.37. The van der Waals surface area contributed by atoms with Crippen LogP contribution in [0.3, 0.4) is 0 Å². The monoisotopic (exact) mass is 382 g/mol. The van der Waals surface area contributed by atoms with E-state index < -0.39 is 7.05 Å². The number of hydrogen-bond acceptors (Lipinski definition) is 6. The summed E-state index contributed by atoms with van der Waals surface area (Å²) in [7, 11) is 1.50. The summed E-state index contributed by atoms with van der Waals surface area (Å²) in [5.41, 5.74) is 0. The second-order valence-electron chi connectivity index (χ2n) is 8.45. The highest BCUT2D eigenvalue weighted by Crippen LogP contribution is 2.23. The zero-order valence-corrected chi connectivity index (χ0v) is 17.4. The Morgan fingerprint density at radius 3 is 2.56 bits per heavy atom. The highest BCUT2D eigenvalue weighted by Gasteiger charge is 2.27. The quantitative estimate of drug-likeness (QED) is 0.270. The van der Waals surface area contributed by atoms with Crippen LogP contribution >= 0.6 is 0 Å². The lowest BCUT2D eigenvalue weighted by molar-refractivity contribution is 0.183. The number of urea groups is 1. The van der Waals surface area contributed by atoms with E-state index >= 15 is 0 Å². The molecule has 156 valence electrons. The van der Waals surface area contributed by atoms with E-state index in [1.165, 1.54) is 12.8 Å². The molecule has 0 aromatic heterocycles. The molecule has 3 unspecified atom stereocenters. The van der Waals surface area contributed by atoms with Gasteiger partial charge in [-0.2, -0.15) is 0 Å². The number of nitrogens with zero attached hydrogens (tertiary/aromatic N) is 1. The van der Waals surface area contributed by atoms with Crippen molar-refractivity contribution in [1.82, 2.24) is 31.4 Å². The Hall–Kier alpha value is -0.865. The minimum Gasteiger partial charge on any atom is -0.437 e. The molecular weight excluding hydrogens is 343 g/mol. The topological polar surface area (TPSA) is 101 Å². The van der Waals surface area contributed by atoms with E-state index in [0.29, 0.717) is 12.1 Å². The van der Waals surface area contributed by atoms with Crippen molar-refractivity contribution < 1.29 is 9.82 Å². The number of nitrogens with one attached hydrogen (secondary N) is 5. The summed E-state index contributed by atoms with van der Waals surface area (Å²) in [5.74, 6) is 0.779. The summed E-state index contributed by atoms with van der Waals surface area (Å²) >= 11 is 0. The van der Waals surface area contributed by atoms with Crippen LogP contribution < -0.4 is 26.6 Å². The standard InChI is InChI=1S/C18H39BN6O2/c1-13-6-8-15(9-7-13)22-18(26)24-17-21-14(2)12-16(23-17)20-10-5-11-25(4)19(3)27/h13-17,20-21,23,27H,5-12H2,1-4H3,(H2,22,24,26). The number of amides is 2.